The average molecular weight is 219 g/mol. The fraction of sp³-hybridized carbons (Fsp3) is 0.0909. The maximum absolute atomic E-state index is 12.8. The second-order valence-corrected chi connectivity index (χ2v) is 3.39. The maximum atomic E-state index is 12.8. The molecule has 0 fully saturated rings. The van der Waals surface area contributed by atoms with Gasteiger partial charge < -0.3 is 5.73 Å². The monoisotopic (exact) mass is 219 g/mol. The van der Waals surface area contributed by atoms with Crippen LogP contribution in [0, 0.1) is 5.82 Å². The lowest BCUT2D eigenvalue weighted by Crippen LogP contribution is -2.19. The lowest BCUT2D eigenvalue weighted by atomic mass is 10.2. The van der Waals surface area contributed by atoms with E-state index in [4.69, 9.17) is 5.73 Å². The molecule has 5 heteroatoms. The van der Waals surface area contributed by atoms with Crippen molar-refractivity contribution in [2.24, 2.45) is 0 Å². The van der Waals surface area contributed by atoms with Gasteiger partial charge in [0.1, 0.15) is 5.82 Å². The maximum Gasteiger partial charge on any atom is 0.253 e. The molecule has 0 aliphatic carbocycles. The van der Waals surface area contributed by atoms with Crippen LogP contribution in [0.25, 0.3) is 0 Å². The minimum atomic E-state index is -0.389. The van der Waals surface area contributed by atoms with E-state index in [1.165, 1.54) is 35.3 Å². The van der Waals surface area contributed by atoms with Crippen molar-refractivity contribution < 1.29 is 4.39 Å². The van der Waals surface area contributed by atoms with Crippen molar-refractivity contribution in [3.05, 3.63) is 58.5 Å². The predicted octanol–water partition coefficient (Wildman–Crippen LogP) is 1.01. The number of hydrogen-bond acceptors (Lipinski definition) is 3. The van der Waals surface area contributed by atoms with E-state index in [0.717, 1.165) is 0 Å². The Balaban J connectivity index is 2.35. The summed E-state index contributed by atoms with van der Waals surface area (Å²) in [6.07, 6.45) is 2.85. The van der Waals surface area contributed by atoms with Gasteiger partial charge in [-0.05, 0) is 17.7 Å². The third-order valence-electron chi connectivity index (χ3n) is 2.24. The molecule has 0 radical (unpaired) electrons. The van der Waals surface area contributed by atoms with E-state index >= 15 is 0 Å². The highest BCUT2D eigenvalue weighted by molar-refractivity contribution is 5.46. The van der Waals surface area contributed by atoms with E-state index in [2.05, 4.69) is 4.98 Å². The summed E-state index contributed by atoms with van der Waals surface area (Å²) in [5.41, 5.74) is 6.50. The third kappa shape index (κ3) is 2.08. The summed E-state index contributed by atoms with van der Waals surface area (Å²) in [4.78, 5) is 15.2. The molecule has 0 spiro atoms. The van der Waals surface area contributed by atoms with Crippen molar-refractivity contribution in [2.45, 2.75) is 6.54 Å². The second kappa shape index (κ2) is 4.14. The summed E-state index contributed by atoms with van der Waals surface area (Å²) in [5.74, 6) is -0.389. The molecule has 0 aliphatic rings. The Labute approximate surface area is 91.2 Å². The van der Waals surface area contributed by atoms with Crippen molar-refractivity contribution in [3.8, 4) is 0 Å². The first kappa shape index (κ1) is 10.4. The van der Waals surface area contributed by atoms with Crippen molar-refractivity contribution in [1.29, 1.82) is 0 Å². The zero-order chi connectivity index (χ0) is 11.5. The van der Waals surface area contributed by atoms with Crippen molar-refractivity contribution in [2.75, 3.05) is 5.73 Å². The van der Waals surface area contributed by atoms with Crippen LogP contribution in [0.2, 0.25) is 0 Å². The number of hydrogen-bond donors (Lipinski definition) is 1. The van der Waals surface area contributed by atoms with Gasteiger partial charge in [-0.3, -0.25) is 9.36 Å². The molecule has 1 aromatic carbocycles. The fourth-order valence-corrected chi connectivity index (χ4v) is 1.39. The molecule has 0 saturated carbocycles. The van der Waals surface area contributed by atoms with E-state index in [1.54, 1.807) is 6.07 Å². The van der Waals surface area contributed by atoms with Gasteiger partial charge in [0, 0.05) is 18.0 Å². The molecular weight excluding hydrogens is 209 g/mol. The van der Waals surface area contributed by atoms with Gasteiger partial charge in [0.25, 0.3) is 5.56 Å². The van der Waals surface area contributed by atoms with Crippen LogP contribution in [0.4, 0.5) is 10.1 Å². The van der Waals surface area contributed by atoms with Crippen molar-refractivity contribution in [1.82, 2.24) is 9.55 Å². The Bertz CT molecular complexity index is 565. The molecule has 0 saturated heterocycles. The minimum Gasteiger partial charge on any atom is -0.398 e. The summed E-state index contributed by atoms with van der Waals surface area (Å²) in [6, 6.07) is 5.47. The summed E-state index contributed by atoms with van der Waals surface area (Å²) in [6.45, 7) is 0.290. The summed E-state index contributed by atoms with van der Waals surface area (Å²) in [7, 11) is 0. The number of nitrogen functional groups attached to an aromatic ring is 1. The molecule has 0 amide bonds. The lowest BCUT2D eigenvalue weighted by Gasteiger charge is -2.07. The van der Waals surface area contributed by atoms with Crippen LogP contribution in [0.15, 0.2) is 41.6 Å². The molecule has 0 aliphatic heterocycles. The van der Waals surface area contributed by atoms with Gasteiger partial charge >= 0.3 is 0 Å². The molecule has 2 aromatic rings. The molecule has 16 heavy (non-hydrogen) atoms. The van der Waals surface area contributed by atoms with E-state index < -0.39 is 0 Å². The average Bonchev–Trinajstić information content (AvgIpc) is 2.25. The van der Waals surface area contributed by atoms with Crippen LogP contribution in [-0.4, -0.2) is 9.55 Å². The first-order valence-electron chi connectivity index (χ1n) is 4.71. The number of aromatic nitrogens is 2. The van der Waals surface area contributed by atoms with Crippen molar-refractivity contribution in [3.63, 3.8) is 0 Å². The smallest absolute Gasteiger partial charge is 0.253 e. The Morgan fingerprint density at radius 2 is 2.19 bits per heavy atom. The molecule has 0 bridgehead atoms. The molecule has 1 heterocycles. The SMILES string of the molecule is Nc1cc(F)ccc1Cn1cnccc1=O. The van der Waals surface area contributed by atoms with Crippen molar-refractivity contribution >= 4 is 5.69 Å². The first-order valence-corrected chi connectivity index (χ1v) is 4.71. The Morgan fingerprint density at radius 3 is 2.88 bits per heavy atom. The molecule has 4 nitrogen and oxygen atoms in total. The van der Waals surface area contributed by atoms with Crippen LogP contribution in [0.3, 0.4) is 0 Å². The summed E-state index contributed by atoms with van der Waals surface area (Å²) < 4.78 is 14.2. The fourth-order valence-electron chi connectivity index (χ4n) is 1.39. The topological polar surface area (TPSA) is 60.9 Å². The zero-order valence-electron chi connectivity index (χ0n) is 8.43. The van der Waals surface area contributed by atoms with Gasteiger partial charge in [0.2, 0.25) is 0 Å². The molecule has 0 unspecified atom stereocenters. The number of benzene rings is 1. The minimum absolute atomic E-state index is 0.168. The number of rotatable bonds is 2. The Morgan fingerprint density at radius 1 is 1.38 bits per heavy atom. The number of nitrogens with two attached hydrogens (primary N) is 1. The third-order valence-corrected chi connectivity index (χ3v) is 2.24. The van der Waals surface area contributed by atoms with Crippen LogP contribution in [0.5, 0.6) is 0 Å². The normalized spacial score (nSPS) is 10.3. The standard InChI is InChI=1S/C11H10FN3O/c12-9-2-1-8(10(13)5-9)6-15-7-14-4-3-11(15)16/h1-5,7H,6,13H2. The first-order chi connectivity index (χ1) is 7.66. The number of nitrogens with zero attached hydrogens (tertiary/aromatic N) is 2. The van der Waals surface area contributed by atoms with Gasteiger partial charge in [-0.1, -0.05) is 6.07 Å². The quantitative estimate of drug-likeness (QED) is 0.767. The molecule has 2 rings (SSSR count). The summed E-state index contributed by atoms with van der Waals surface area (Å²) in [5, 5.41) is 0. The van der Waals surface area contributed by atoms with Gasteiger partial charge in [-0.15, -0.1) is 0 Å². The van der Waals surface area contributed by atoms with Crippen LogP contribution in [0.1, 0.15) is 5.56 Å². The highest BCUT2D eigenvalue weighted by Crippen LogP contribution is 2.13. The van der Waals surface area contributed by atoms with Gasteiger partial charge in [0.15, 0.2) is 0 Å². The van der Waals surface area contributed by atoms with Crippen LogP contribution >= 0.6 is 0 Å². The van der Waals surface area contributed by atoms with E-state index in [9.17, 15) is 9.18 Å². The van der Waals surface area contributed by atoms with E-state index in [1.807, 2.05) is 0 Å². The van der Waals surface area contributed by atoms with Gasteiger partial charge in [-0.25, -0.2) is 9.37 Å². The molecule has 0 atom stereocenters. The predicted molar refractivity (Wildman–Crippen MR) is 58.4 cm³/mol. The lowest BCUT2D eigenvalue weighted by molar-refractivity contribution is 0.626. The number of halogens is 1. The van der Waals surface area contributed by atoms with Crippen LogP contribution in [-0.2, 0) is 6.54 Å². The molecule has 2 N–H and O–H groups in total. The highest BCUT2D eigenvalue weighted by Gasteiger charge is 2.02. The second-order valence-electron chi connectivity index (χ2n) is 3.39. The van der Waals surface area contributed by atoms with E-state index in [-0.39, 0.29) is 11.4 Å². The Hall–Kier alpha value is -2.17. The molecule has 82 valence electrons. The largest absolute Gasteiger partial charge is 0.398 e. The zero-order valence-corrected chi connectivity index (χ0v) is 8.43. The van der Waals surface area contributed by atoms with Gasteiger partial charge in [0.05, 0.1) is 12.9 Å². The number of anilines is 1. The molecule has 1 aromatic heterocycles. The Kier molecular flexibility index (Phi) is 2.68. The summed E-state index contributed by atoms with van der Waals surface area (Å²) >= 11 is 0. The highest BCUT2D eigenvalue weighted by atomic mass is 19.1. The van der Waals surface area contributed by atoms with Gasteiger partial charge in [-0.2, -0.15) is 0 Å². The molecular formula is C11H10FN3O. The van der Waals surface area contributed by atoms with E-state index in [0.29, 0.717) is 17.8 Å². The van der Waals surface area contributed by atoms with Crippen LogP contribution < -0.4 is 11.3 Å².